The summed E-state index contributed by atoms with van der Waals surface area (Å²) in [6.45, 7) is 0. The van der Waals surface area contributed by atoms with E-state index in [-0.39, 0.29) is 0 Å². The number of fused-ring (bicyclic) bond motifs is 7. The third kappa shape index (κ3) is 4.90. The summed E-state index contributed by atoms with van der Waals surface area (Å²) in [6.07, 6.45) is 0. The Morgan fingerprint density at radius 2 is 0.827 bits per heavy atom. The van der Waals surface area contributed by atoms with Crippen molar-refractivity contribution >= 4 is 28.0 Å². The van der Waals surface area contributed by atoms with E-state index in [9.17, 15) is 0 Å². The number of anilines is 3. The monoisotopic (exact) mass is 665 g/mol. The number of benzene rings is 7. The van der Waals surface area contributed by atoms with Crippen LogP contribution < -0.4 is 4.90 Å². The molecule has 0 radical (unpaired) electrons. The smallest absolute Gasteiger partial charge is 0.164 e. The highest BCUT2D eigenvalue weighted by molar-refractivity contribution is 6.13. The van der Waals surface area contributed by atoms with E-state index in [2.05, 4.69) is 137 Å². The van der Waals surface area contributed by atoms with Crippen LogP contribution in [0.25, 0.3) is 73.1 Å². The van der Waals surface area contributed by atoms with E-state index in [0.29, 0.717) is 17.5 Å². The molecule has 0 saturated carbocycles. The van der Waals surface area contributed by atoms with Gasteiger partial charge in [0, 0.05) is 50.1 Å². The summed E-state index contributed by atoms with van der Waals surface area (Å²) < 4.78 is 2.41. The predicted molar refractivity (Wildman–Crippen MR) is 212 cm³/mol. The highest BCUT2D eigenvalue weighted by Crippen LogP contribution is 2.54. The second kappa shape index (κ2) is 12.3. The van der Waals surface area contributed by atoms with Crippen molar-refractivity contribution in [2.24, 2.45) is 0 Å². The summed E-state index contributed by atoms with van der Waals surface area (Å²) in [4.78, 5) is 17.5. The van der Waals surface area contributed by atoms with Gasteiger partial charge in [0.15, 0.2) is 17.5 Å². The standard InChI is InChI=1S/C47H31N5/c1-5-17-32(18-6-1)45-48-46(33-19-7-2-8-20-33)50-47(49-45)34-29-30-38-42(31-34)52(36-23-11-4-12-24-36)44-39-26-14-16-28-41(39)51(35-21-9-3-10-22-35)40-27-15-13-25-37(40)43(38)44/h1-31H. The van der Waals surface area contributed by atoms with Crippen molar-refractivity contribution in [3.63, 3.8) is 0 Å². The lowest BCUT2D eigenvalue weighted by Crippen LogP contribution is -2.11. The second-order valence-electron chi connectivity index (χ2n) is 12.9. The molecule has 9 aromatic rings. The Morgan fingerprint density at radius 3 is 1.42 bits per heavy atom. The van der Waals surface area contributed by atoms with Crippen molar-refractivity contribution in [1.29, 1.82) is 0 Å². The lowest BCUT2D eigenvalue weighted by atomic mass is 9.97. The zero-order valence-corrected chi connectivity index (χ0v) is 28.1. The van der Waals surface area contributed by atoms with Crippen LogP contribution in [0.5, 0.6) is 0 Å². The minimum absolute atomic E-state index is 0.627. The molecule has 0 unspecified atom stereocenters. The Kier molecular flexibility index (Phi) is 7.07. The first kappa shape index (κ1) is 29.8. The molecule has 7 aromatic carbocycles. The third-order valence-corrected chi connectivity index (χ3v) is 9.77. The fourth-order valence-corrected chi connectivity index (χ4v) is 7.47. The molecule has 52 heavy (non-hydrogen) atoms. The van der Waals surface area contributed by atoms with Gasteiger partial charge in [-0.2, -0.15) is 0 Å². The summed E-state index contributed by atoms with van der Waals surface area (Å²) in [5.41, 5.74) is 13.0. The Bertz CT molecular complexity index is 2660. The molecule has 0 atom stereocenters. The quantitative estimate of drug-likeness (QED) is 0.184. The molecule has 1 aliphatic rings. The van der Waals surface area contributed by atoms with E-state index in [1.54, 1.807) is 0 Å². The Hall–Kier alpha value is -7.11. The number of hydrogen-bond donors (Lipinski definition) is 0. The average molecular weight is 666 g/mol. The van der Waals surface area contributed by atoms with Crippen LogP contribution in [0.1, 0.15) is 0 Å². The van der Waals surface area contributed by atoms with Crippen LogP contribution in [0.4, 0.5) is 17.1 Å². The van der Waals surface area contributed by atoms with Crippen LogP contribution in [-0.4, -0.2) is 19.5 Å². The molecule has 0 aliphatic carbocycles. The van der Waals surface area contributed by atoms with Crippen molar-refractivity contribution in [1.82, 2.24) is 19.5 Å². The van der Waals surface area contributed by atoms with Crippen molar-refractivity contribution in [2.75, 3.05) is 4.90 Å². The molecule has 5 heteroatoms. The van der Waals surface area contributed by atoms with E-state index in [1.165, 1.54) is 11.1 Å². The summed E-state index contributed by atoms with van der Waals surface area (Å²) >= 11 is 0. The Morgan fingerprint density at radius 1 is 0.365 bits per heavy atom. The van der Waals surface area contributed by atoms with E-state index < -0.39 is 0 Å². The van der Waals surface area contributed by atoms with E-state index in [0.717, 1.165) is 61.6 Å². The maximum Gasteiger partial charge on any atom is 0.164 e. The number of hydrogen-bond acceptors (Lipinski definition) is 4. The summed E-state index contributed by atoms with van der Waals surface area (Å²) in [6, 6.07) is 65.7. The molecule has 0 spiro atoms. The molecule has 0 fully saturated rings. The fourth-order valence-electron chi connectivity index (χ4n) is 7.47. The lowest BCUT2D eigenvalue weighted by molar-refractivity contribution is 1.07. The molecular weight excluding hydrogens is 635 g/mol. The van der Waals surface area contributed by atoms with Gasteiger partial charge in [-0.25, -0.2) is 15.0 Å². The van der Waals surface area contributed by atoms with Gasteiger partial charge < -0.3 is 9.47 Å². The molecule has 244 valence electrons. The van der Waals surface area contributed by atoms with Gasteiger partial charge >= 0.3 is 0 Å². The third-order valence-electron chi connectivity index (χ3n) is 9.77. The van der Waals surface area contributed by atoms with Crippen molar-refractivity contribution in [2.45, 2.75) is 0 Å². The predicted octanol–water partition coefficient (Wildman–Crippen LogP) is 11.9. The summed E-state index contributed by atoms with van der Waals surface area (Å²) in [5.74, 6) is 1.91. The molecule has 10 rings (SSSR count). The van der Waals surface area contributed by atoms with Gasteiger partial charge in [-0.3, -0.25) is 0 Å². The number of para-hydroxylation sites is 4. The van der Waals surface area contributed by atoms with Crippen molar-refractivity contribution < 1.29 is 0 Å². The van der Waals surface area contributed by atoms with Crippen LogP contribution in [-0.2, 0) is 0 Å². The van der Waals surface area contributed by atoms with Crippen molar-refractivity contribution in [3.05, 3.63) is 188 Å². The summed E-state index contributed by atoms with van der Waals surface area (Å²) in [7, 11) is 0. The molecule has 0 N–H and O–H groups in total. The largest absolute Gasteiger partial charge is 0.309 e. The minimum atomic E-state index is 0.627. The van der Waals surface area contributed by atoms with Crippen LogP contribution >= 0.6 is 0 Å². The van der Waals surface area contributed by atoms with Gasteiger partial charge in [0.25, 0.3) is 0 Å². The molecule has 5 nitrogen and oxygen atoms in total. The number of rotatable bonds is 5. The fraction of sp³-hybridized carbons (Fsp3) is 0. The Balaban J connectivity index is 1.28. The van der Waals surface area contributed by atoms with Gasteiger partial charge in [-0.1, -0.05) is 146 Å². The zero-order chi connectivity index (χ0) is 34.4. The maximum atomic E-state index is 5.08. The van der Waals surface area contributed by atoms with Crippen LogP contribution in [0.15, 0.2) is 188 Å². The minimum Gasteiger partial charge on any atom is -0.309 e. The molecule has 2 aromatic heterocycles. The van der Waals surface area contributed by atoms with Crippen LogP contribution in [0, 0.1) is 0 Å². The van der Waals surface area contributed by atoms with Crippen LogP contribution in [0.2, 0.25) is 0 Å². The maximum absolute atomic E-state index is 5.08. The molecule has 0 bridgehead atoms. The molecule has 0 saturated heterocycles. The molecule has 0 amide bonds. The summed E-state index contributed by atoms with van der Waals surface area (Å²) in [5, 5.41) is 1.15. The normalized spacial score (nSPS) is 11.8. The van der Waals surface area contributed by atoms with E-state index in [1.807, 2.05) is 60.7 Å². The van der Waals surface area contributed by atoms with Gasteiger partial charge in [-0.05, 0) is 42.5 Å². The topological polar surface area (TPSA) is 46.8 Å². The SMILES string of the molecule is c1ccc(-c2nc(-c3ccccc3)nc(-c3ccc4c5c(n(-c6ccccc6)c4c3)-c3ccccc3N(c3ccccc3)c3ccccc3-5)n2)cc1. The highest BCUT2D eigenvalue weighted by atomic mass is 15.2. The van der Waals surface area contributed by atoms with Gasteiger partial charge in [-0.15, -0.1) is 0 Å². The highest BCUT2D eigenvalue weighted by Gasteiger charge is 2.31. The molecular formula is C47H31N5. The van der Waals surface area contributed by atoms with E-state index >= 15 is 0 Å². The Labute approximate surface area is 301 Å². The first-order valence-electron chi connectivity index (χ1n) is 17.5. The zero-order valence-electron chi connectivity index (χ0n) is 28.1. The first-order valence-corrected chi connectivity index (χ1v) is 17.5. The van der Waals surface area contributed by atoms with Gasteiger partial charge in [0.1, 0.15) is 0 Å². The van der Waals surface area contributed by atoms with Gasteiger partial charge in [0.2, 0.25) is 0 Å². The van der Waals surface area contributed by atoms with Crippen molar-refractivity contribution in [3.8, 4) is 62.2 Å². The average Bonchev–Trinajstić information content (AvgIpc) is 3.50. The van der Waals surface area contributed by atoms with E-state index in [4.69, 9.17) is 15.0 Å². The lowest BCUT2D eigenvalue weighted by Gasteiger charge is -2.27. The molecule has 3 heterocycles. The number of nitrogens with zero attached hydrogens (tertiary/aromatic N) is 5. The number of aromatic nitrogens is 4. The molecule has 1 aliphatic heterocycles. The second-order valence-corrected chi connectivity index (χ2v) is 12.9. The van der Waals surface area contributed by atoms with Gasteiger partial charge in [0.05, 0.1) is 22.6 Å². The first-order chi connectivity index (χ1) is 25.8. The van der Waals surface area contributed by atoms with Crippen LogP contribution in [0.3, 0.4) is 0 Å².